The molecule has 2 fully saturated rings. The predicted molar refractivity (Wildman–Crippen MR) is 64.8 cm³/mol. The van der Waals surface area contributed by atoms with Crippen LogP contribution in [0.5, 0.6) is 0 Å². The number of likely N-dealkylation sites (tertiary alicyclic amines) is 1. The van der Waals surface area contributed by atoms with Gasteiger partial charge >= 0.3 is 0 Å². The minimum absolute atomic E-state index is 0.335. The van der Waals surface area contributed by atoms with Crippen molar-refractivity contribution >= 4 is 5.91 Å². The van der Waals surface area contributed by atoms with Crippen molar-refractivity contribution in [3.05, 3.63) is 0 Å². The minimum atomic E-state index is 0.335. The lowest BCUT2D eigenvalue weighted by molar-refractivity contribution is -0.131. The molecule has 1 aliphatic carbocycles. The van der Waals surface area contributed by atoms with E-state index < -0.39 is 0 Å². The minimum Gasteiger partial charge on any atom is -0.339 e. The average Bonchev–Trinajstić information content (AvgIpc) is 2.64. The van der Waals surface area contributed by atoms with E-state index in [-0.39, 0.29) is 0 Å². The highest BCUT2D eigenvalue weighted by Crippen LogP contribution is 2.35. The molecule has 0 bridgehead atoms. The fourth-order valence-corrected chi connectivity index (χ4v) is 3.28. The number of carbonyl (C=O) groups is 1. The lowest BCUT2D eigenvalue weighted by Gasteiger charge is -2.40. The molecule has 3 nitrogen and oxygen atoms in total. The van der Waals surface area contributed by atoms with Gasteiger partial charge in [-0.2, -0.15) is 0 Å². The third kappa shape index (κ3) is 2.10. The predicted octanol–water partition coefficient (Wildman–Crippen LogP) is 1.62. The van der Waals surface area contributed by atoms with E-state index in [9.17, 15) is 4.79 Å². The topological polar surface area (TPSA) is 46.3 Å². The first-order valence-corrected chi connectivity index (χ1v) is 6.63. The molecule has 2 aliphatic rings. The Morgan fingerprint density at radius 3 is 2.75 bits per heavy atom. The van der Waals surface area contributed by atoms with Crippen molar-refractivity contribution < 1.29 is 4.79 Å². The largest absolute Gasteiger partial charge is 0.339 e. The van der Waals surface area contributed by atoms with Gasteiger partial charge in [0.2, 0.25) is 5.91 Å². The molecule has 92 valence electrons. The molecule has 0 aromatic heterocycles. The van der Waals surface area contributed by atoms with Gasteiger partial charge in [-0.3, -0.25) is 4.79 Å². The van der Waals surface area contributed by atoms with Crippen LogP contribution in [0.3, 0.4) is 0 Å². The van der Waals surface area contributed by atoms with Gasteiger partial charge in [-0.15, -0.1) is 0 Å². The number of amides is 1. The zero-order chi connectivity index (χ0) is 11.7. The van der Waals surface area contributed by atoms with Crippen molar-refractivity contribution in [2.45, 2.75) is 45.6 Å². The van der Waals surface area contributed by atoms with E-state index in [1.165, 1.54) is 19.3 Å². The standard InChI is InChI=1S/C13H24N2O/c1-9-4-3-5-12(10(9)2)15-8-11(7-14)6-13(15)16/h9-12H,3-8,14H2,1-2H3. The number of nitrogens with zero attached hydrogens (tertiary/aromatic N) is 1. The fraction of sp³-hybridized carbons (Fsp3) is 0.923. The first kappa shape index (κ1) is 11.9. The van der Waals surface area contributed by atoms with Crippen molar-refractivity contribution in [2.24, 2.45) is 23.5 Å². The summed E-state index contributed by atoms with van der Waals surface area (Å²) in [6.45, 7) is 6.17. The summed E-state index contributed by atoms with van der Waals surface area (Å²) in [7, 11) is 0. The first-order chi connectivity index (χ1) is 7.63. The van der Waals surface area contributed by atoms with Gasteiger partial charge in [-0.1, -0.05) is 26.7 Å². The van der Waals surface area contributed by atoms with Gasteiger partial charge in [0.15, 0.2) is 0 Å². The average molecular weight is 224 g/mol. The zero-order valence-corrected chi connectivity index (χ0v) is 10.5. The van der Waals surface area contributed by atoms with E-state index in [0.29, 0.717) is 36.8 Å². The smallest absolute Gasteiger partial charge is 0.223 e. The van der Waals surface area contributed by atoms with Crippen LogP contribution in [-0.2, 0) is 4.79 Å². The van der Waals surface area contributed by atoms with Gasteiger partial charge in [0.25, 0.3) is 0 Å². The monoisotopic (exact) mass is 224 g/mol. The van der Waals surface area contributed by atoms with E-state index in [0.717, 1.165) is 12.5 Å². The summed E-state index contributed by atoms with van der Waals surface area (Å²) in [6, 6.07) is 0.479. The van der Waals surface area contributed by atoms with Gasteiger partial charge in [-0.25, -0.2) is 0 Å². The first-order valence-electron chi connectivity index (χ1n) is 6.63. The molecule has 1 saturated carbocycles. The molecule has 1 amide bonds. The second-order valence-electron chi connectivity index (χ2n) is 5.69. The molecule has 0 aromatic carbocycles. The molecule has 16 heavy (non-hydrogen) atoms. The van der Waals surface area contributed by atoms with E-state index >= 15 is 0 Å². The maximum Gasteiger partial charge on any atom is 0.223 e. The van der Waals surface area contributed by atoms with Crippen LogP contribution in [0.1, 0.15) is 39.5 Å². The molecular weight excluding hydrogens is 200 g/mol. The summed E-state index contributed by atoms with van der Waals surface area (Å²) in [6.07, 6.45) is 4.45. The maximum absolute atomic E-state index is 12.0. The third-order valence-corrected chi connectivity index (χ3v) is 4.64. The highest BCUT2D eigenvalue weighted by molar-refractivity contribution is 5.79. The summed E-state index contributed by atoms with van der Waals surface area (Å²) in [4.78, 5) is 14.1. The third-order valence-electron chi connectivity index (χ3n) is 4.64. The Kier molecular flexibility index (Phi) is 3.53. The van der Waals surface area contributed by atoms with Gasteiger partial charge in [0.1, 0.15) is 0 Å². The van der Waals surface area contributed by atoms with Crippen molar-refractivity contribution in [3.63, 3.8) is 0 Å². The highest BCUT2D eigenvalue weighted by atomic mass is 16.2. The number of hydrogen-bond acceptors (Lipinski definition) is 2. The number of rotatable bonds is 2. The summed E-state index contributed by atoms with van der Waals surface area (Å²) in [5.74, 6) is 2.14. The molecule has 2 N–H and O–H groups in total. The summed E-state index contributed by atoms with van der Waals surface area (Å²) < 4.78 is 0. The van der Waals surface area contributed by atoms with Gasteiger partial charge < -0.3 is 10.6 Å². The SMILES string of the molecule is CC1CCCC(N2CC(CN)CC2=O)C1C. The molecule has 1 aliphatic heterocycles. The van der Waals surface area contributed by atoms with E-state index in [2.05, 4.69) is 18.7 Å². The van der Waals surface area contributed by atoms with Crippen molar-refractivity contribution in [1.29, 1.82) is 0 Å². The van der Waals surface area contributed by atoms with E-state index in [1.54, 1.807) is 0 Å². The summed E-state index contributed by atoms with van der Waals surface area (Å²) in [5.41, 5.74) is 5.67. The summed E-state index contributed by atoms with van der Waals surface area (Å²) in [5, 5.41) is 0. The maximum atomic E-state index is 12.0. The lowest BCUT2D eigenvalue weighted by atomic mass is 9.77. The zero-order valence-electron chi connectivity index (χ0n) is 10.5. The van der Waals surface area contributed by atoms with Crippen LogP contribution in [0.2, 0.25) is 0 Å². The van der Waals surface area contributed by atoms with Crippen LogP contribution in [0.15, 0.2) is 0 Å². The molecule has 2 rings (SSSR count). The van der Waals surface area contributed by atoms with Crippen LogP contribution >= 0.6 is 0 Å². The molecule has 4 unspecified atom stereocenters. The Morgan fingerprint density at radius 1 is 1.38 bits per heavy atom. The molecule has 3 heteroatoms. The second-order valence-corrected chi connectivity index (χ2v) is 5.69. The fourth-order valence-electron chi connectivity index (χ4n) is 3.28. The van der Waals surface area contributed by atoms with Crippen molar-refractivity contribution in [1.82, 2.24) is 4.90 Å². The molecule has 0 aromatic rings. The van der Waals surface area contributed by atoms with Crippen LogP contribution in [-0.4, -0.2) is 29.9 Å². The van der Waals surface area contributed by atoms with E-state index in [1.807, 2.05) is 0 Å². The number of hydrogen-bond donors (Lipinski definition) is 1. The Bertz CT molecular complexity index is 267. The van der Waals surface area contributed by atoms with Crippen molar-refractivity contribution in [3.8, 4) is 0 Å². The number of carbonyl (C=O) groups excluding carboxylic acids is 1. The van der Waals surface area contributed by atoms with Crippen molar-refractivity contribution in [2.75, 3.05) is 13.1 Å². The Morgan fingerprint density at radius 2 is 2.12 bits per heavy atom. The molecule has 1 saturated heterocycles. The van der Waals surface area contributed by atoms with Crippen LogP contribution in [0, 0.1) is 17.8 Å². The lowest BCUT2D eigenvalue weighted by Crippen LogP contribution is -2.45. The van der Waals surface area contributed by atoms with Gasteiger partial charge in [0.05, 0.1) is 0 Å². The summed E-state index contributed by atoms with van der Waals surface area (Å²) >= 11 is 0. The normalized spacial score (nSPS) is 40.4. The van der Waals surface area contributed by atoms with Gasteiger partial charge in [-0.05, 0) is 30.7 Å². The molecule has 1 heterocycles. The molecule has 0 radical (unpaired) electrons. The number of nitrogens with two attached hydrogens (primary N) is 1. The molecule has 0 spiro atoms. The van der Waals surface area contributed by atoms with Gasteiger partial charge in [0, 0.05) is 19.0 Å². The molecular formula is C13H24N2O. The Hall–Kier alpha value is -0.570. The quantitative estimate of drug-likeness (QED) is 0.774. The second kappa shape index (κ2) is 4.74. The van der Waals surface area contributed by atoms with E-state index in [4.69, 9.17) is 5.73 Å². The Labute approximate surface area is 98.4 Å². The highest BCUT2D eigenvalue weighted by Gasteiger charge is 2.38. The van der Waals surface area contributed by atoms with Crippen LogP contribution < -0.4 is 5.73 Å². The van der Waals surface area contributed by atoms with Crippen LogP contribution in [0.25, 0.3) is 0 Å². The Balaban J connectivity index is 2.04. The molecule has 4 atom stereocenters. The van der Waals surface area contributed by atoms with Crippen LogP contribution in [0.4, 0.5) is 0 Å².